The maximum Gasteiger partial charge on any atom is 0.00412 e. The van der Waals surface area contributed by atoms with Crippen LogP contribution in [0, 0.1) is 5.92 Å². The molecule has 108 valence electrons. The summed E-state index contributed by atoms with van der Waals surface area (Å²) in [5, 5.41) is 0. The second-order valence-electron chi connectivity index (χ2n) is 6.79. The third kappa shape index (κ3) is 4.89. The van der Waals surface area contributed by atoms with Crippen molar-refractivity contribution >= 4 is 0 Å². The summed E-state index contributed by atoms with van der Waals surface area (Å²) in [6.07, 6.45) is 4.20. The molecule has 0 unspecified atom stereocenters. The minimum absolute atomic E-state index is 0.681. The first-order valence-corrected chi connectivity index (χ1v) is 7.91. The number of nitrogens with zero attached hydrogens (tertiary/aromatic N) is 2. The van der Waals surface area contributed by atoms with Crippen molar-refractivity contribution in [1.82, 2.24) is 9.80 Å². The van der Waals surface area contributed by atoms with Gasteiger partial charge in [-0.15, -0.1) is 0 Å². The average molecular weight is 254 g/mol. The third-order valence-electron chi connectivity index (χ3n) is 4.50. The van der Waals surface area contributed by atoms with E-state index >= 15 is 0 Å². The number of likely N-dealkylation sites (tertiary alicyclic amines) is 1. The van der Waals surface area contributed by atoms with E-state index in [0.717, 1.165) is 12.0 Å². The second kappa shape index (κ2) is 7.49. The lowest BCUT2D eigenvalue weighted by atomic mass is 9.92. The minimum Gasteiger partial charge on any atom is -0.301 e. The SMILES string of the molecule is CC(C)N1CCC(CCN(C(C)C)C(C)C)CC1. The molecule has 0 aromatic rings. The summed E-state index contributed by atoms with van der Waals surface area (Å²) in [6, 6.07) is 2.09. The van der Waals surface area contributed by atoms with Gasteiger partial charge in [-0.2, -0.15) is 0 Å². The lowest BCUT2D eigenvalue weighted by Gasteiger charge is -2.36. The van der Waals surface area contributed by atoms with Crippen molar-refractivity contribution in [3.8, 4) is 0 Å². The number of hydrogen-bond donors (Lipinski definition) is 0. The average Bonchev–Trinajstić information content (AvgIpc) is 2.28. The fourth-order valence-corrected chi connectivity index (χ4v) is 3.20. The fraction of sp³-hybridized carbons (Fsp3) is 1.00. The van der Waals surface area contributed by atoms with E-state index in [1.807, 2.05) is 0 Å². The van der Waals surface area contributed by atoms with Crippen LogP contribution < -0.4 is 0 Å². The quantitative estimate of drug-likeness (QED) is 0.714. The van der Waals surface area contributed by atoms with Gasteiger partial charge in [-0.05, 0) is 86.4 Å². The zero-order valence-corrected chi connectivity index (χ0v) is 13.4. The van der Waals surface area contributed by atoms with Gasteiger partial charge in [0.2, 0.25) is 0 Å². The molecule has 0 amide bonds. The molecule has 0 spiro atoms. The van der Waals surface area contributed by atoms with Gasteiger partial charge < -0.3 is 4.90 Å². The zero-order valence-electron chi connectivity index (χ0n) is 13.4. The Labute approximate surface area is 115 Å². The van der Waals surface area contributed by atoms with Crippen LogP contribution in [0.3, 0.4) is 0 Å². The summed E-state index contributed by atoms with van der Waals surface area (Å²) in [7, 11) is 0. The number of piperidine rings is 1. The van der Waals surface area contributed by atoms with Crippen LogP contribution in [0.25, 0.3) is 0 Å². The molecule has 2 nitrogen and oxygen atoms in total. The molecular weight excluding hydrogens is 220 g/mol. The largest absolute Gasteiger partial charge is 0.301 e. The van der Waals surface area contributed by atoms with Gasteiger partial charge in [-0.3, -0.25) is 4.90 Å². The van der Waals surface area contributed by atoms with Gasteiger partial charge >= 0.3 is 0 Å². The molecule has 0 bridgehead atoms. The Hall–Kier alpha value is -0.0800. The van der Waals surface area contributed by atoms with E-state index in [4.69, 9.17) is 0 Å². The van der Waals surface area contributed by atoms with Crippen LogP contribution in [0.4, 0.5) is 0 Å². The van der Waals surface area contributed by atoms with Crippen molar-refractivity contribution in [3.63, 3.8) is 0 Å². The molecule has 0 N–H and O–H groups in total. The molecule has 0 aliphatic carbocycles. The third-order valence-corrected chi connectivity index (χ3v) is 4.50. The van der Waals surface area contributed by atoms with Crippen LogP contribution in [0.15, 0.2) is 0 Å². The molecular formula is C16H34N2. The summed E-state index contributed by atoms with van der Waals surface area (Å²) < 4.78 is 0. The van der Waals surface area contributed by atoms with Crippen LogP contribution in [0.5, 0.6) is 0 Å². The number of hydrogen-bond acceptors (Lipinski definition) is 2. The van der Waals surface area contributed by atoms with E-state index in [9.17, 15) is 0 Å². The highest BCUT2D eigenvalue weighted by Gasteiger charge is 2.22. The summed E-state index contributed by atoms with van der Waals surface area (Å²) in [5.41, 5.74) is 0. The highest BCUT2D eigenvalue weighted by Crippen LogP contribution is 2.22. The molecule has 0 atom stereocenters. The lowest BCUT2D eigenvalue weighted by Crippen LogP contribution is -2.41. The molecule has 1 saturated heterocycles. The highest BCUT2D eigenvalue weighted by atomic mass is 15.2. The van der Waals surface area contributed by atoms with Crippen molar-refractivity contribution in [2.24, 2.45) is 5.92 Å². The Balaban J connectivity index is 2.28. The van der Waals surface area contributed by atoms with Crippen LogP contribution >= 0.6 is 0 Å². The van der Waals surface area contributed by atoms with Gasteiger partial charge in [-0.1, -0.05) is 0 Å². The molecule has 0 aromatic carbocycles. The summed E-state index contributed by atoms with van der Waals surface area (Å²) in [5.74, 6) is 0.958. The molecule has 0 aromatic heterocycles. The molecule has 1 aliphatic rings. The highest BCUT2D eigenvalue weighted by molar-refractivity contribution is 4.76. The van der Waals surface area contributed by atoms with Crippen LogP contribution in [-0.2, 0) is 0 Å². The van der Waals surface area contributed by atoms with Gasteiger partial charge in [0, 0.05) is 18.1 Å². The van der Waals surface area contributed by atoms with E-state index in [-0.39, 0.29) is 0 Å². The Morgan fingerprint density at radius 1 is 0.944 bits per heavy atom. The predicted molar refractivity (Wildman–Crippen MR) is 81.0 cm³/mol. The van der Waals surface area contributed by atoms with Gasteiger partial charge in [0.25, 0.3) is 0 Å². The van der Waals surface area contributed by atoms with Crippen LogP contribution in [0.1, 0.15) is 60.8 Å². The van der Waals surface area contributed by atoms with Crippen LogP contribution in [-0.4, -0.2) is 47.6 Å². The first-order valence-electron chi connectivity index (χ1n) is 7.91. The van der Waals surface area contributed by atoms with E-state index in [1.165, 1.54) is 38.9 Å². The van der Waals surface area contributed by atoms with Gasteiger partial charge in [0.15, 0.2) is 0 Å². The van der Waals surface area contributed by atoms with Crippen molar-refractivity contribution in [2.45, 2.75) is 78.9 Å². The van der Waals surface area contributed by atoms with Crippen molar-refractivity contribution in [2.75, 3.05) is 19.6 Å². The minimum atomic E-state index is 0.681. The van der Waals surface area contributed by atoms with Gasteiger partial charge in [-0.25, -0.2) is 0 Å². The Kier molecular flexibility index (Phi) is 6.65. The fourth-order valence-electron chi connectivity index (χ4n) is 3.20. The Bertz CT molecular complexity index is 207. The molecule has 1 rings (SSSR count). The maximum absolute atomic E-state index is 2.63. The molecule has 0 saturated carbocycles. The molecule has 1 fully saturated rings. The molecule has 0 radical (unpaired) electrons. The first kappa shape index (κ1) is 16.0. The van der Waals surface area contributed by atoms with Crippen LogP contribution in [0.2, 0.25) is 0 Å². The predicted octanol–water partition coefficient (Wildman–Crippen LogP) is 3.62. The first-order chi connectivity index (χ1) is 8.41. The molecule has 18 heavy (non-hydrogen) atoms. The Morgan fingerprint density at radius 2 is 1.44 bits per heavy atom. The maximum atomic E-state index is 2.63. The lowest BCUT2D eigenvalue weighted by molar-refractivity contribution is 0.120. The van der Waals surface area contributed by atoms with Gasteiger partial charge in [0.05, 0.1) is 0 Å². The number of rotatable bonds is 6. The van der Waals surface area contributed by atoms with Crippen molar-refractivity contribution in [3.05, 3.63) is 0 Å². The van der Waals surface area contributed by atoms with Gasteiger partial charge in [0.1, 0.15) is 0 Å². The Morgan fingerprint density at radius 3 is 1.83 bits per heavy atom. The zero-order chi connectivity index (χ0) is 13.7. The molecule has 1 aliphatic heterocycles. The van der Waals surface area contributed by atoms with Crippen molar-refractivity contribution in [1.29, 1.82) is 0 Å². The van der Waals surface area contributed by atoms with E-state index in [1.54, 1.807) is 0 Å². The summed E-state index contributed by atoms with van der Waals surface area (Å²) in [4.78, 5) is 5.26. The summed E-state index contributed by atoms with van der Waals surface area (Å²) >= 11 is 0. The summed E-state index contributed by atoms with van der Waals surface area (Å²) in [6.45, 7) is 17.8. The van der Waals surface area contributed by atoms with E-state index in [0.29, 0.717) is 12.1 Å². The van der Waals surface area contributed by atoms with Crippen molar-refractivity contribution < 1.29 is 0 Å². The normalized spacial score (nSPS) is 19.7. The van der Waals surface area contributed by atoms with E-state index in [2.05, 4.69) is 51.3 Å². The molecule has 2 heteroatoms. The standard InChI is InChI=1S/C16H34N2/c1-13(2)17-10-7-16(8-11-17)9-12-18(14(3)4)15(5)6/h13-16H,7-12H2,1-6H3. The smallest absolute Gasteiger partial charge is 0.00412 e. The van der Waals surface area contributed by atoms with E-state index < -0.39 is 0 Å². The molecule has 1 heterocycles. The topological polar surface area (TPSA) is 6.48 Å². The second-order valence-corrected chi connectivity index (χ2v) is 6.79. The monoisotopic (exact) mass is 254 g/mol.